The highest BCUT2D eigenvalue weighted by Crippen LogP contribution is 2.25. The molecule has 0 aromatic heterocycles. The maximum absolute atomic E-state index is 10.2. The van der Waals surface area contributed by atoms with Crippen molar-refractivity contribution in [1.82, 2.24) is 0 Å². The number of ether oxygens (including phenoxy) is 2. The fraction of sp³-hybridized carbons (Fsp3) is 0.462. The molecule has 0 unspecified atom stereocenters. The lowest BCUT2D eigenvalue weighted by Gasteiger charge is -2.02. The summed E-state index contributed by atoms with van der Waals surface area (Å²) in [7, 11) is 1.54. The monoisotopic (exact) mass is 238 g/mol. The number of cyclic esters (lactones) is 1. The Morgan fingerprint density at radius 3 is 2.53 bits per heavy atom. The van der Waals surface area contributed by atoms with Gasteiger partial charge in [0.05, 0.1) is 20.1 Å². The molecule has 94 valence electrons. The number of benzene rings is 1. The normalized spacial score (nSPS) is 18.1. The van der Waals surface area contributed by atoms with Crippen molar-refractivity contribution in [3.8, 4) is 11.5 Å². The van der Waals surface area contributed by atoms with Crippen LogP contribution in [0.15, 0.2) is 18.2 Å². The minimum absolute atomic E-state index is 0.0486. The van der Waals surface area contributed by atoms with Gasteiger partial charge in [0.1, 0.15) is 0 Å². The Morgan fingerprint density at radius 1 is 1.47 bits per heavy atom. The zero-order valence-corrected chi connectivity index (χ0v) is 10.4. The van der Waals surface area contributed by atoms with E-state index in [4.69, 9.17) is 9.84 Å². The molecule has 0 amide bonds. The minimum Gasteiger partial charge on any atom is -0.504 e. The molecule has 0 bridgehead atoms. The number of aromatic hydroxyl groups is 1. The lowest BCUT2D eigenvalue weighted by atomic mass is 10.2. The molecule has 0 radical (unpaired) electrons. The topological polar surface area (TPSA) is 55.8 Å². The summed E-state index contributed by atoms with van der Waals surface area (Å²) in [6.07, 6.45) is 0.611. The average Bonchev–Trinajstić information content (AvgIpc) is 2.67. The number of aryl methyl sites for hydroxylation is 1. The fourth-order valence-electron chi connectivity index (χ4n) is 1.42. The molecule has 1 saturated heterocycles. The Bertz CT molecular complexity index is 387. The van der Waals surface area contributed by atoms with Gasteiger partial charge >= 0.3 is 5.97 Å². The van der Waals surface area contributed by atoms with Crippen molar-refractivity contribution >= 4 is 5.97 Å². The van der Waals surface area contributed by atoms with Gasteiger partial charge in [0.15, 0.2) is 11.5 Å². The van der Waals surface area contributed by atoms with Gasteiger partial charge in [-0.25, -0.2) is 0 Å². The van der Waals surface area contributed by atoms with Gasteiger partial charge in [0, 0.05) is 5.92 Å². The van der Waals surface area contributed by atoms with Gasteiger partial charge in [-0.05, 0) is 24.6 Å². The summed E-state index contributed by atoms with van der Waals surface area (Å²) in [5, 5.41) is 9.11. The summed E-state index contributed by atoms with van der Waals surface area (Å²) in [5.74, 6) is 1.12. The van der Waals surface area contributed by atoms with Gasteiger partial charge in [-0.3, -0.25) is 4.79 Å². The number of hydrogen-bond acceptors (Lipinski definition) is 4. The SMILES string of the molecule is COc1cc(C)ccc1O.C[C@H]1COC(=O)C1. The molecular formula is C13H18O4. The Balaban J connectivity index is 0.000000181. The summed E-state index contributed by atoms with van der Waals surface area (Å²) in [6.45, 7) is 4.58. The lowest BCUT2D eigenvalue weighted by molar-refractivity contribution is -0.137. The predicted octanol–water partition coefficient (Wildman–Crippen LogP) is 2.28. The van der Waals surface area contributed by atoms with E-state index in [2.05, 4.69) is 4.74 Å². The van der Waals surface area contributed by atoms with E-state index in [-0.39, 0.29) is 11.7 Å². The molecule has 1 aliphatic heterocycles. The van der Waals surface area contributed by atoms with Crippen LogP contribution in [0, 0.1) is 12.8 Å². The van der Waals surface area contributed by atoms with Crippen LogP contribution in [0.3, 0.4) is 0 Å². The van der Waals surface area contributed by atoms with Crippen LogP contribution < -0.4 is 4.74 Å². The van der Waals surface area contributed by atoms with Crippen LogP contribution in [0.2, 0.25) is 0 Å². The summed E-state index contributed by atoms with van der Waals surface area (Å²) >= 11 is 0. The predicted molar refractivity (Wildman–Crippen MR) is 64.1 cm³/mol. The number of hydrogen-bond donors (Lipinski definition) is 1. The maximum Gasteiger partial charge on any atom is 0.306 e. The highest BCUT2D eigenvalue weighted by atomic mass is 16.5. The molecule has 4 nitrogen and oxygen atoms in total. The number of rotatable bonds is 1. The summed E-state index contributed by atoms with van der Waals surface area (Å²) in [6, 6.07) is 5.24. The molecule has 1 heterocycles. The molecule has 1 aromatic rings. The molecule has 1 fully saturated rings. The zero-order chi connectivity index (χ0) is 12.8. The number of carbonyl (C=O) groups excluding carboxylic acids is 1. The molecule has 1 atom stereocenters. The van der Waals surface area contributed by atoms with E-state index < -0.39 is 0 Å². The highest BCUT2D eigenvalue weighted by molar-refractivity contribution is 5.71. The van der Waals surface area contributed by atoms with Crippen LogP contribution in [0.5, 0.6) is 11.5 Å². The summed E-state index contributed by atoms with van der Waals surface area (Å²) < 4.78 is 9.50. The van der Waals surface area contributed by atoms with Crippen LogP contribution in [-0.2, 0) is 9.53 Å². The molecular weight excluding hydrogens is 220 g/mol. The quantitative estimate of drug-likeness (QED) is 0.762. The largest absolute Gasteiger partial charge is 0.504 e. The van der Waals surface area contributed by atoms with Gasteiger partial charge in [-0.2, -0.15) is 0 Å². The zero-order valence-electron chi connectivity index (χ0n) is 10.4. The van der Waals surface area contributed by atoms with Crippen molar-refractivity contribution in [2.75, 3.05) is 13.7 Å². The van der Waals surface area contributed by atoms with Crippen LogP contribution in [0.25, 0.3) is 0 Å². The molecule has 0 aliphatic carbocycles. The molecule has 17 heavy (non-hydrogen) atoms. The van der Waals surface area contributed by atoms with Crippen molar-refractivity contribution in [2.45, 2.75) is 20.3 Å². The van der Waals surface area contributed by atoms with E-state index in [0.29, 0.717) is 24.7 Å². The maximum atomic E-state index is 10.2. The lowest BCUT2D eigenvalue weighted by Crippen LogP contribution is -1.88. The number of carbonyl (C=O) groups is 1. The van der Waals surface area contributed by atoms with E-state index in [0.717, 1.165) is 5.56 Å². The van der Waals surface area contributed by atoms with Crippen molar-refractivity contribution in [2.24, 2.45) is 5.92 Å². The van der Waals surface area contributed by atoms with Crippen LogP contribution in [0.4, 0.5) is 0 Å². The first-order valence-corrected chi connectivity index (χ1v) is 5.52. The van der Waals surface area contributed by atoms with Gasteiger partial charge < -0.3 is 14.6 Å². The molecule has 4 heteroatoms. The van der Waals surface area contributed by atoms with E-state index >= 15 is 0 Å². The van der Waals surface area contributed by atoms with Crippen LogP contribution in [-0.4, -0.2) is 24.8 Å². The van der Waals surface area contributed by atoms with E-state index in [1.54, 1.807) is 12.1 Å². The number of phenols is 1. The Hall–Kier alpha value is -1.71. The molecule has 1 aromatic carbocycles. The van der Waals surface area contributed by atoms with Gasteiger partial charge in [-0.1, -0.05) is 13.0 Å². The first-order valence-electron chi connectivity index (χ1n) is 5.52. The van der Waals surface area contributed by atoms with Crippen molar-refractivity contribution in [3.63, 3.8) is 0 Å². The van der Waals surface area contributed by atoms with Crippen molar-refractivity contribution in [3.05, 3.63) is 23.8 Å². The minimum atomic E-state index is -0.0486. The Morgan fingerprint density at radius 2 is 2.18 bits per heavy atom. The Labute approximate surface area is 101 Å². The molecule has 0 spiro atoms. The van der Waals surface area contributed by atoms with Gasteiger partial charge in [-0.15, -0.1) is 0 Å². The first kappa shape index (κ1) is 13.4. The van der Waals surface area contributed by atoms with E-state index in [9.17, 15) is 4.79 Å². The second-order valence-electron chi connectivity index (χ2n) is 4.17. The second kappa shape index (κ2) is 6.13. The first-order chi connectivity index (χ1) is 8.02. The molecule has 1 aliphatic rings. The third kappa shape index (κ3) is 4.34. The second-order valence-corrected chi connectivity index (χ2v) is 4.17. The molecule has 2 rings (SSSR count). The summed E-state index contributed by atoms with van der Waals surface area (Å²) in [4.78, 5) is 10.2. The van der Waals surface area contributed by atoms with E-state index in [1.807, 2.05) is 19.9 Å². The fourth-order valence-corrected chi connectivity index (χ4v) is 1.42. The standard InChI is InChI=1S/C8H10O2.C5H8O2/c1-6-3-4-7(9)8(5-6)10-2;1-4-2-5(6)7-3-4/h3-5,9H,1-2H3;4H,2-3H2,1H3/t;4-/m.1/s1. The molecule has 1 N–H and O–H groups in total. The number of phenolic OH excluding ortho intramolecular Hbond substituents is 1. The van der Waals surface area contributed by atoms with Gasteiger partial charge in [0.2, 0.25) is 0 Å². The van der Waals surface area contributed by atoms with Crippen LogP contribution in [0.1, 0.15) is 18.9 Å². The smallest absolute Gasteiger partial charge is 0.306 e. The highest BCUT2D eigenvalue weighted by Gasteiger charge is 2.18. The molecule has 0 saturated carbocycles. The van der Waals surface area contributed by atoms with Gasteiger partial charge in [0.25, 0.3) is 0 Å². The third-order valence-corrected chi connectivity index (χ3v) is 2.38. The number of methoxy groups -OCH3 is 1. The Kier molecular flexibility index (Phi) is 4.82. The van der Waals surface area contributed by atoms with E-state index in [1.165, 1.54) is 7.11 Å². The van der Waals surface area contributed by atoms with Crippen molar-refractivity contribution < 1.29 is 19.4 Å². The summed E-state index contributed by atoms with van der Waals surface area (Å²) in [5.41, 5.74) is 1.08. The number of esters is 1. The average molecular weight is 238 g/mol. The van der Waals surface area contributed by atoms with Crippen LogP contribution >= 0.6 is 0 Å². The third-order valence-electron chi connectivity index (χ3n) is 2.38. The van der Waals surface area contributed by atoms with Crippen molar-refractivity contribution in [1.29, 1.82) is 0 Å².